The number of hydrogen-bond donors (Lipinski definition) is 1. The molecule has 0 aromatic heterocycles. The molecule has 9 nitrogen and oxygen atoms in total. The van der Waals surface area contributed by atoms with Crippen LogP contribution < -0.4 is 14.2 Å². The molecule has 2 aliphatic rings. The van der Waals surface area contributed by atoms with Crippen LogP contribution in [0.5, 0.6) is 17.2 Å². The molecular formula is C34H46N2O7. The number of ether oxygens (including phenoxy) is 4. The molecule has 1 unspecified atom stereocenters. The predicted octanol–water partition coefficient (Wildman–Crippen LogP) is 5.59. The molecule has 2 aromatic carbocycles. The van der Waals surface area contributed by atoms with Gasteiger partial charge in [0.05, 0.1) is 44.6 Å². The van der Waals surface area contributed by atoms with Crippen LogP contribution in [0.25, 0.3) is 5.76 Å². The molecule has 43 heavy (non-hydrogen) atoms. The molecule has 2 aliphatic heterocycles. The number of carbonyl (C=O) groups excluding carboxylic acids is 2. The van der Waals surface area contributed by atoms with Gasteiger partial charge in [-0.15, -0.1) is 0 Å². The van der Waals surface area contributed by atoms with Crippen LogP contribution >= 0.6 is 0 Å². The second kappa shape index (κ2) is 16.3. The van der Waals surface area contributed by atoms with Crippen LogP contribution in [-0.2, 0) is 14.3 Å². The number of hydrogen-bond acceptors (Lipinski definition) is 8. The topological polar surface area (TPSA) is 97.8 Å². The van der Waals surface area contributed by atoms with Crippen molar-refractivity contribution in [1.82, 2.24) is 9.80 Å². The molecule has 1 N–H and O–H groups in total. The maximum absolute atomic E-state index is 13.6. The summed E-state index contributed by atoms with van der Waals surface area (Å²) in [5, 5.41) is 11.5. The Hall–Kier alpha value is -3.56. The van der Waals surface area contributed by atoms with Gasteiger partial charge in [-0.3, -0.25) is 14.5 Å². The van der Waals surface area contributed by atoms with Gasteiger partial charge in [-0.05, 0) is 68.1 Å². The molecule has 234 valence electrons. The molecule has 9 heteroatoms. The number of aliphatic hydroxyl groups is 1. The van der Waals surface area contributed by atoms with E-state index in [4.69, 9.17) is 18.9 Å². The average Bonchev–Trinajstić information content (AvgIpc) is 3.28. The molecule has 0 saturated carbocycles. The van der Waals surface area contributed by atoms with E-state index in [1.54, 1.807) is 29.2 Å². The number of carbonyl (C=O) groups is 2. The Morgan fingerprint density at radius 2 is 1.63 bits per heavy atom. The van der Waals surface area contributed by atoms with E-state index in [9.17, 15) is 14.7 Å². The normalized spacial score (nSPS) is 18.7. The molecule has 2 aromatic rings. The van der Waals surface area contributed by atoms with Crippen molar-refractivity contribution in [2.24, 2.45) is 0 Å². The molecule has 0 radical (unpaired) electrons. The zero-order chi connectivity index (χ0) is 30.6. The van der Waals surface area contributed by atoms with Gasteiger partial charge in [-0.1, -0.05) is 32.8 Å². The maximum Gasteiger partial charge on any atom is 0.295 e. The fraction of sp³-hybridized carbons (Fsp3) is 0.529. The highest BCUT2D eigenvalue weighted by atomic mass is 16.5. The van der Waals surface area contributed by atoms with Gasteiger partial charge >= 0.3 is 0 Å². The van der Waals surface area contributed by atoms with Crippen molar-refractivity contribution in [3.05, 3.63) is 59.2 Å². The molecule has 0 spiro atoms. The minimum Gasteiger partial charge on any atom is -0.507 e. The number of likely N-dealkylation sites (tertiary alicyclic amines) is 1. The van der Waals surface area contributed by atoms with E-state index in [0.29, 0.717) is 74.4 Å². The van der Waals surface area contributed by atoms with E-state index in [1.165, 1.54) is 0 Å². The minimum absolute atomic E-state index is 0.0673. The summed E-state index contributed by atoms with van der Waals surface area (Å²) in [4.78, 5) is 30.9. The first-order valence-electron chi connectivity index (χ1n) is 15.7. The zero-order valence-corrected chi connectivity index (χ0v) is 25.8. The SMILES string of the molecule is CCCCCOc1ccc(C2C(=C(O)c3ccc(OCCC)cc3)C(=O)C(=O)N2CCCN2CCOCC2)cc1OCC. The second-order valence-corrected chi connectivity index (χ2v) is 10.9. The number of Topliss-reactive ketones (excluding diaryl/α,β-unsaturated/α-hetero) is 1. The van der Waals surface area contributed by atoms with Crippen molar-refractivity contribution in [1.29, 1.82) is 0 Å². The van der Waals surface area contributed by atoms with Crippen molar-refractivity contribution in [2.45, 2.75) is 58.9 Å². The molecule has 1 amide bonds. The highest BCUT2D eigenvalue weighted by Crippen LogP contribution is 2.42. The van der Waals surface area contributed by atoms with Gasteiger partial charge in [0.15, 0.2) is 11.5 Å². The number of nitrogens with zero attached hydrogens (tertiary/aromatic N) is 2. The zero-order valence-electron chi connectivity index (χ0n) is 25.8. The van der Waals surface area contributed by atoms with E-state index in [-0.39, 0.29) is 11.3 Å². The van der Waals surface area contributed by atoms with Crippen LogP contribution in [0.4, 0.5) is 0 Å². The lowest BCUT2D eigenvalue weighted by Crippen LogP contribution is -2.39. The average molecular weight is 595 g/mol. The van der Waals surface area contributed by atoms with Gasteiger partial charge in [0.1, 0.15) is 11.5 Å². The number of amides is 1. The first-order valence-corrected chi connectivity index (χ1v) is 15.7. The Morgan fingerprint density at radius 3 is 2.33 bits per heavy atom. The van der Waals surface area contributed by atoms with Gasteiger partial charge in [-0.25, -0.2) is 0 Å². The largest absolute Gasteiger partial charge is 0.507 e. The Bertz CT molecular complexity index is 1240. The first-order chi connectivity index (χ1) is 21.0. The van der Waals surface area contributed by atoms with Crippen molar-refractivity contribution in [3.63, 3.8) is 0 Å². The summed E-state index contributed by atoms with van der Waals surface area (Å²) in [5.74, 6) is 0.321. The summed E-state index contributed by atoms with van der Waals surface area (Å²) < 4.78 is 23.1. The van der Waals surface area contributed by atoms with Crippen molar-refractivity contribution in [3.8, 4) is 17.2 Å². The summed E-state index contributed by atoms with van der Waals surface area (Å²) in [6.45, 7) is 11.9. The van der Waals surface area contributed by atoms with Gasteiger partial charge in [0, 0.05) is 31.7 Å². The molecule has 0 bridgehead atoms. The summed E-state index contributed by atoms with van der Waals surface area (Å²) in [5.41, 5.74) is 1.19. The van der Waals surface area contributed by atoms with Crippen molar-refractivity contribution in [2.75, 3.05) is 59.2 Å². The van der Waals surface area contributed by atoms with Gasteiger partial charge in [0.2, 0.25) is 0 Å². The van der Waals surface area contributed by atoms with Gasteiger partial charge in [0.25, 0.3) is 11.7 Å². The number of rotatable bonds is 16. The first kappa shape index (κ1) is 32.4. The van der Waals surface area contributed by atoms with Crippen molar-refractivity contribution < 1.29 is 33.6 Å². The van der Waals surface area contributed by atoms with Gasteiger partial charge in [-0.2, -0.15) is 0 Å². The van der Waals surface area contributed by atoms with Gasteiger partial charge < -0.3 is 29.0 Å². The predicted molar refractivity (Wildman–Crippen MR) is 166 cm³/mol. The molecule has 2 heterocycles. The highest BCUT2D eigenvalue weighted by Gasteiger charge is 2.46. The third kappa shape index (κ3) is 8.30. The van der Waals surface area contributed by atoms with Crippen LogP contribution in [0.2, 0.25) is 0 Å². The highest BCUT2D eigenvalue weighted by molar-refractivity contribution is 6.46. The summed E-state index contributed by atoms with van der Waals surface area (Å²) in [6, 6.07) is 11.7. The lowest BCUT2D eigenvalue weighted by atomic mass is 9.95. The summed E-state index contributed by atoms with van der Waals surface area (Å²) in [7, 11) is 0. The third-order valence-corrected chi connectivity index (χ3v) is 7.71. The van der Waals surface area contributed by atoms with E-state index in [2.05, 4.69) is 11.8 Å². The molecule has 0 aliphatic carbocycles. The van der Waals surface area contributed by atoms with Crippen LogP contribution in [0, 0.1) is 0 Å². The number of aliphatic hydroxyl groups excluding tert-OH is 1. The Balaban J connectivity index is 1.68. The van der Waals surface area contributed by atoms with E-state index in [0.717, 1.165) is 45.3 Å². The number of morpholine rings is 1. The molecule has 4 rings (SSSR count). The number of benzene rings is 2. The molecule has 2 saturated heterocycles. The molecule has 1 atom stereocenters. The summed E-state index contributed by atoms with van der Waals surface area (Å²) >= 11 is 0. The van der Waals surface area contributed by atoms with Crippen molar-refractivity contribution >= 4 is 17.4 Å². The lowest BCUT2D eigenvalue weighted by molar-refractivity contribution is -0.140. The fourth-order valence-electron chi connectivity index (χ4n) is 5.45. The lowest BCUT2D eigenvalue weighted by Gasteiger charge is -2.29. The number of unbranched alkanes of at least 4 members (excludes halogenated alkanes) is 2. The fourth-order valence-corrected chi connectivity index (χ4v) is 5.45. The van der Waals surface area contributed by atoms with E-state index in [1.807, 2.05) is 32.0 Å². The quantitative estimate of drug-likeness (QED) is 0.116. The van der Waals surface area contributed by atoms with E-state index < -0.39 is 17.7 Å². The summed E-state index contributed by atoms with van der Waals surface area (Å²) in [6.07, 6.45) is 4.67. The number of ketones is 1. The third-order valence-electron chi connectivity index (χ3n) is 7.71. The minimum atomic E-state index is -0.769. The van der Waals surface area contributed by atoms with Crippen LogP contribution in [0.1, 0.15) is 70.0 Å². The molecule has 2 fully saturated rings. The van der Waals surface area contributed by atoms with Crippen LogP contribution in [-0.4, -0.2) is 85.8 Å². The second-order valence-electron chi connectivity index (χ2n) is 10.9. The molecular weight excluding hydrogens is 548 g/mol. The smallest absolute Gasteiger partial charge is 0.295 e. The standard InChI is InChI=1S/C34H46N2O7/c1-4-7-8-21-43-28-15-12-26(24-29(28)41-6-3)31-30(32(37)25-10-13-27(14-11-25)42-20-5-2)33(38)34(39)36(31)17-9-16-35-18-22-40-23-19-35/h10-15,24,31,37H,4-9,16-23H2,1-3H3. The van der Waals surface area contributed by atoms with E-state index >= 15 is 0 Å². The van der Waals surface area contributed by atoms with Crippen LogP contribution in [0.3, 0.4) is 0 Å². The maximum atomic E-state index is 13.6. The Morgan fingerprint density at radius 1 is 0.860 bits per heavy atom. The Kier molecular flexibility index (Phi) is 12.3. The van der Waals surface area contributed by atoms with Crippen LogP contribution in [0.15, 0.2) is 48.0 Å². The monoisotopic (exact) mass is 594 g/mol. The Labute approximate surface area is 255 Å².